The normalized spacial score (nSPS) is 16.3. The third-order valence-electron chi connectivity index (χ3n) is 6.01. The summed E-state index contributed by atoms with van der Waals surface area (Å²) >= 11 is 0. The molecule has 0 atom stereocenters. The molecule has 2 aliphatic heterocycles. The minimum absolute atomic E-state index is 0.140. The Balaban J connectivity index is 1.43. The molecule has 0 aliphatic carbocycles. The molecule has 0 aromatic heterocycles. The number of hydrogen-bond acceptors (Lipinski definition) is 4. The van der Waals surface area contributed by atoms with Crippen molar-refractivity contribution < 1.29 is 27.8 Å². The zero-order valence-electron chi connectivity index (χ0n) is 17.5. The monoisotopic (exact) mass is 430 g/mol. The van der Waals surface area contributed by atoms with Crippen LogP contribution in [-0.4, -0.2) is 50.6 Å². The van der Waals surface area contributed by atoms with E-state index in [4.69, 9.17) is 9.47 Å². The maximum Gasteiger partial charge on any atom is 0.254 e. The largest absolute Gasteiger partial charge is 0.497 e. The van der Waals surface area contributed by atoms with Gasteiger partial charge in [0.15, 0.2) is 0 Å². The lowest BCUT2D eigenvalue weighted by atomic mass is 9.94. The molecule has 0 saturated carbocycles. The predicted molar refractivity (Wildman–Crippen MR) is 111 cm³/mol. The molecule has 1 fully saturated rings. The number of carbonyl (C=O) groups is 2. The Labute approximate surface area is 179 Å². The lowest BCUT2D eigenvalue weighted by Gasteiger charge is -2.33. The van der Waals surface area contributed by atoms with Gasteiger partial charge in [-0.1, -0.05) is 0 Å². The van der Waals surface area contributed by atoms with Crippen molar-refractivity contribution in [2.45, 2.75) is 19.3 Å². The topological polar surface area (TPSA) is 59.1 Å². The number of amides is 2. The van der Waals surface area contributed by atoms with Gasteiger partial charge in [0.2, 0.25) is 5.91 Å². The van der Waals surface area contributed by atoms with Crippen LogP contribution in [-0.2, 0) is 11.2 Å². The number of rotatable bonds is 4. The number of nitrogens with zero attached hydrogens (tertiary/aromatic N) is 2. The molecular weight excluding hydrogens is 406 g/mol. The third kappa shape index (κ3) is 4.06. The molecule has 1 saturated heterocycles. The van der Waals surface area contributed by atoms with E-state index in [-0.39, 0.29) is 17.7 Å². The molecule has 0 N–H and O–H groups in total. The Morgan fingerprint density at radius 1 is 0.935 bits per heavy atom. The van der Waals surface area contributed by atoms with Crippen molar-refractivity contribution >= 4 is 17.5 Å². The van der Waals surface area contributed by atoms with Crippen LogP contribution in [0.3, 0.4) is 0 Å². The van der Waals surface area contributed by atoms with Gasteiger partial charge in [-0.3, -0.25) is 9.59 Å². The second-order valence-corrected chi connectivity index (χ2v) is 7.79. The summed E-state index contributed by atoms with van der Waals surface area (Å²) in [6.45, 7) is 1.19. The summed E-state index contributed by atoms with van der Waals surface area (Å²) in [5.41, 5.74) is 1.17. The zero-order chi connectivity index (χ0) is 22.1. The second kappa shape index (κ2) is 8.53. The molecule has 2 aromatic carbocycles. The molecule has 0 unspecified atom stereocenters. The van der Waals surface area contributed by atoms with E-state index in [1.54, 1.807) is 23.1 Å². The molecule has 2 aromatic rings. The van der Waals surface area contributed by atoms with Gasteiger partial charge in [0.05, 0.1) is 19.9 Å². The fraction of sp³-hybridized carbons (Fsp3) is 0.391. The lowest BCUT2D eigenvalue weighted by Crippen LogP contribution is -2.44. The first-order chi connectivity index (χ1) is 14.9. The standard InChI is InChI=1S/C23H24F2N2O4/c1-30-17-9-15(10-18(13-17)31-2)22(28)26-6-3-14(4-7-26)23(29)27-8-5-19-20(25)11-16(24)12-21(19)27/h9-14H,3-8H2,1-2H3. The maximum atomic E-state index is 14.0. The van der Waals surface area contributed by atoms with Gasteiger partial charge in [0, 0.05) is 48.8 Å². The minimum atomic E-state index is -0.690. The highest BCUT2D eigenvalue weighted by molar-refractivity contribution is 5.98. The van der Waals surface area contributed by atoms with E-state index < -0.39 is 11.6 Å². The van der Waals surface area contributed by atoms with E-state index in [1.807, 2.05) is 0 Å². The highest BCUT2D eigenvalue weighted by Gasteiger charge is 2.35. The van der Waals surface area contributed by atoms with Crippen molar-refractivity contribution in [2.75, 3.05) is 38.8 Å². The van der Waals surface area contributed by atoms with E-state index in [1.165, 1.54) is 25.2 Å². The van der Waals surface area contributed by atoms with Gasteiger partial charge < -0.3 is 19.3 Å². The van der Waals surface area contributed by atoms with E-state index in [0.29, 0.717) is 67.2 Å². The SMILES string of the molecule is COc1cc(OC)cc(C(=O)N2CCC(C(=O)N3CCc4c(F)cc(F)cc43)CC2)c1. The van der Waals surface area contributed by atoms with Crippen molar-refractivity contribution in [1.82, 2.24) is 4.90 Å². The van der Waals surface area contributed by atoms with E-state index in [9.17, 15) is 18.4 Å². The molecule has 6 nitrogen and oxygen atoms in total. The zero-order valence-corrected chi connectivity index (χ0v) is 17.5. The second-order valence-electron chi connectivity index (χ2n) is 7.79. The van der Waals surface area contributed by atoms with Crippen LogP contribution in [0.2, 0.25) is 0 Å². The molecule has 2 heterocycles. The van der Waals surface area contributed by atoms with Crippen LogP contribution in [0.1, 0.15) is 28.8 Å². The van der Waals surface area contributed by atoms with E-state index >= 15 is 0 Å². The third-order valence-corrected chi connectivity index (χ3v) is 6.01. The first-order valence-corrected chi connectivity index (χ1v) is 10.2. The van der Waals surface area contributed by atoms with Gasteiger partial charge in [0.1, 0.15) is 23.1 Å². The number of fused-ring (bicyclic) bond motifs is 1. The Morgan fingerprint density at radius 3 is 2.19 bits per heavy atom. The molecule has 2 aliphatic rings. The van der Waals surface area contributed by atoms with Crippen LogP contribution < -0.4 is 14.4 Å². The smallest absolute Gasteiger partial charge is 0.254 e. The summed E-state index contributed by atoms with van der Waals surface area (Å²) in [5.74, 6) is -0.830. The average molecular weight is 430 g/mol. The molecule has 164 valence electrons. The van der Waals surface area contributed by atoms with Crippen LogP contribution in [0.5, 0.6) is 11.5 Å². The molecule has 0 bridgehead atoms. The van der Waals surface area contributed by atoms with Crippen LogP contribution in [0, 0.1) is 17.6 Å². The maximum absolute atomic E-state index is 14.0. The van der Waals surface area contributed by atoms with Gasteiger partial charge in [-0.2, -0.15) is 0 Å². The van der Waals surface area contributed by atoms with Crippen molar-refractivity contribution in [2.24, 2.45) is 5.92 Å². The summed E-state index contributed by atoms with van der Waals surface area (Å²) in [7, 11) is 3.04. The van der Waals surface area contributed by atoms with Crippen molar-refractivity contribution in [1.29, 1.82) is 0 Å². The number of halogens is 2. The molecule has 0 radical (unpaired) electrons. The van der Waals surface area contributed by atoms with Gasteiger partial charge in [-0.15, -0.1) is 0 Å². The molecule has 4 rings (SSSR count). The Kier molecular flexibility index (Phi) is 5.80. The summed E-state index contributed by atoms with van der Waals surface area (Å²) < 4.78 is 38.1. The van der Waals surface area contributed by atoms with Crippen molar-refractivity contribution in [3.63, 3.8) is 0 Å². The molecule has 0 spiro atoms. The van der Waals surface area contributed by atoms with E-state index in [0.717, 1.165) is 6.07 Å². The quantitative estimate of drug-likeness (QED) is 0.746. The van der Waals surface area contributed by atoms with Crippen molar-refractivity contribution in [3.8, 4) is 11.5 Å². The van der Waals surface area contributed by atoms with Gasteiger partial charge in [-0.05, 0) is 37.5 Å². The van der Waals surface area contributed by atoms with Crippen molar-refractivity contribution in [3.05, 3.63) is 53.1 Å². The van der Waals surface area contributed by atoms with E-state index in [2.05, 4.69) is 0 Å². The number of benzene rings is 2. The van der Waals surface area contributed by atoms with Crippen LogP contribution in [0.25, 0.3) is 0 Å². The fourth-order valence-corrected chi connectivity index (χ4v) is 4.31. The number of hydrogen-bond donors (Lipinski definition) is 0. The van der Waals surface area contributed by atoms with Crippen LogP contribution in [0.4, 0.5) is 14.5 Å². The van der Waals surface area contributed by atoms with Crippen LogP contribution >= 0.6 is 0 Å². The Bertz CT molecular complexity index is 997. The first-order valence-electron chi connectivity index (χ1n) is 10.2. The van der Waals surface area contributed by atoms with Gasteiger partial charge in [-0.25, -0.2) is 8.78 Å². The number of anilines is 1. The number of likely N-dealkylation sites (tertiary alicyclic amines) is 1. The lowest BCUT2D eigenvalue weighted by molar-refractivity contribution is -0.123. The number of piperidine rings is 1. The average Bonchev–Trinajstić information content (AvgIpc) is 3.21. The highest BCUT2D eigenvalue weighted by atomic mass is 19.1. The fourth-order valence-electron chi connectivity index (χ4n) is 4.31. The van der Waals surface area contributed by atoms with Gasteiger partial charge in [0.25, 0.3) is 5.91 Å². The Hall–Kier alpha value is -3.16. The molecule has 2 amide bonds. The number of methoxy groups -OCH3 is 2. The number of ether oxygens (including phenoxy) is 2. The molecular formula is C23H24F2N2O4. The summed E-state index contributed by atoms with van der Waals surface area (Å²) in [4.78, 5) is 29.2. The van der Waals surface area contributed by atoms with Crippen LogP contribution in [0.15, 0.2) is 30.3 Å². The summed E-state index contributed by atoms with van der Waals surface area (Å²) in [6.07, 6.45) is 1.37. The first kappa shape index (κ1) is 21.1. The molecule has 31 heavy (non-hydrogen) atoms. The van der Waals surface area contributed by atoms with Gasteiger partial charge >= 0.3 is 0 Å². The summed E-state index contributed by atoms with van der Waals surface area (Å²) in [6, 6.07) is 7.09. The number of carbonyl (C=O) groups excluding carboxylic acids is 2. The Morgan fingerprint density at radius 2 is 1.58 bits per heavy atom. The minimum Gasteiger partial charge on any atom is -0.497 e. The molecule has 8 heteroatoms. The predicted octanol–water partition coefficient (Wildman–Crippen LogP) is 3.42. The summed E-state index contributed by atoms with van der Waals surface area (Å²) in [5, 5.41) is 0. The highest BCUT2D eigenvalue weighted by Crippen LogP contribution is 2.34.